The number of H-pyrrole nitrogens is 1. The molecule has 0 bridgehead atoms. The monoisotopic (exact) mass is 317 g/mol. The zero-order valence-electron chi connectivity index (χ0n) is 13.1. The van der Waals surface area contributed by atoms with Crippen molar-refractivity contribution in [3.63, 3.8) is 0 Å². The topological polar surface area (TPSA) is 118 Å². The van der Waals surface area contributed by atoms with Crippen LogP contribution in [0.3, 0.4) is 0 Å². The molecule has 2 heterocycles. The first-order valence-electron chi connectivity index (χ1n) is 7.51. The molecule has 0 unspecified atom stereocenters. The number of hydrogen-bond donors (Lipinski definition) is 3. The number of aromatic nitrogens is 5. The van der Waals surface area contributed by atoms with E-state index in [9.17, 15) is 9.59 Å². The average molecular weight is 317 g/mol. The zero-order valence-corrected chi connectivity index (χ0v) is 13.1. The summed E-state index contributed by atoms with van der Waals surface area (Å²) >= 11 is 0. The van der Waals surface area contributed by atoms with Gasteiger partial charge in [-0.15, -0.1) is 5.10 Å². The van der Waals surface area contributed by atoms with Gasteiger partial charge in [0.1, 0.15) is 6.54 Å². The summed E-state index contributed by atoms with van der Waals surface area (Å²) in [6.07, 6.45) is 3.40. The minimum absolute atomic E-state index is 0.0348. The minimum atomic E-state index is -0.185. The van der Waals surface area contributed by atoms with Crippen LogP contribution < -0.4 is 10.6 Å². The third-order valence-corrected chi connectivity index (χ3v) is 3.79. The molecule has 0 aliphatic heterocycles. The number of nitrogens with zero attached hydrogens (tertiary/aromatic N) is 4. The summed E-state index contributed by atoms with van der Waals surface area (Å²) < 4.78 is 1.40. The Morgan fingerprint density at radius 1 is 1.39 bits per heavy atom. The molecule has 0 atom stereocenters. The van der Waals surface area contributed by atoms with Gasteiger partial charge in [-0.2, -0.15) is 5.10 Å². The Balaban J connectivity index is 1.50. The molecule has 122 valence electrons. The highest BCUT2D eigenvalue weighted by Gasteiger charge is 2.30. The summed E-state index contributed by atoms with van der Waals surface area (Å²) in [6, 6.07) is 0. The number of amides is 2. The molecule has 3 rings (SSSR count). The van der Waals surface area contributed by atoms with E-state index in [4.69, 9.17) is 0 Å². The van der Waals surface area contributed by atoms with Crippen LogP contribution in [-0.4, -0.2) is 37.0 Å². The molecule has 1 saturated carbocycles. The molecule has 0 saturated heterocycles. The predicted molar refractivity (Wildman–Crippen MR) is 81.3 cm³/mol. The van der Waals surface area contributed by atoms with Gasteiger partial charge in [0.25, 0.3) is 0 Å². The number of anilines is 1. The molecule has 9 nitrogen and oxygen atoms in total. The third kappa shape index (κ3) is 3.74. The summed E-state index contributed by atoms with van der Waals surface area (Å²) in [5, 5.41) is 20.2. The summed E-state index contributed by atoms with van der Waals surface area (Å²) in [5.74, 6) is 0.253. The van der Waals surface area contributed by atoms with Crippen LogP contribution in [0, 0.1) is 19.8 Å². The van der Waals surface area contributed by atoms with Crippen molar-refractivity contribution in [1.29, 1.82) is 0 Å². The Bertz CT molecular complexity index is 710. The molecule has 0 aromatic carbocycles. The van der Waals surface area contributed by atoms with E-state index in [1.165, 1.54) is 4.68 Å². The first-order valence-corrected chi connectivity index (χ1v) is 7.51. The Morgan fingerprint density at radius 3 is 2.83 bits per heavy atom. The van der Waals surface area contributed by atoms with Gasteiger partial charge in [-0.05, 0) is 26.7 Å². The fourth-order valence-corrected chi connectivity index (χ4v) is 2.23. The average Bonchev–Trinajstić information content (AvgIpc) is 3.20. The maximum absolute atomic E-state index is 12.0. The number of aryl methyl sites for hydroxylation is 2. The molecule has 1 aliphatic rings. The SMILES string of the molecule is Cc1n[nH]c(C)c1CNC(=O)Cn1cc(NC(=O)C2CC2)nn1. The largest absolute Gasteiger partial charge is 0.350 e. The first-order chi connectivity index (χ1) is 11.0. The van der Waals surface area contributed by atoms with Gasteiger partial charge in [0.05, 0.1) is 11.9 Å². The molecule has 0 radical (unpaired) electrons. The van der Waals surface area contributed by atoms with Gasteiger partial charge in [-0.1, -0.05) is 5.21 Å². The molecule has 2 aromatic rings. The highest BCUT2D eigenvalue weighted by atomic mass is 16.2. The van der Waals surface area contributed by atoms with E-state index in [1.807, 2.05) is 13.8 Å². The molecule has 1 aliphatic carbocycles. The maximum atomic E-state index is 12.0. The van der Waals surface area contributed by atoms with E-state index in [0.717, 1.165) is 29.8 Å². The fourth-order valence-electron chi connectivity index (χ4n) is 2.23. The van der Waals surface area contributed by atoms with E-state index >= 15 is 0 Å². The fraction of sp³-hybridized carbons (Fsp3) is 0.500. The summed E-state index contributed by atoms with van der Waals surface area (Å²) in [5.41, 5.74) is 2.79. The maximum Gasteiger partial charge on any atom is 0.242 e. The van der Waals surface area contributed by atoms with Gasteiger partial charge >= 0.3 is 0 Å². The van der Waals surface area contributed by atoms with Crippen molar-refractivity contribution in [2.24, 2.45) is 5.92 Å². The highest BCUT2D eigenvalue weighted by Crippen LogP contribution is 2.29. The molecule has 2 amide bonds. The Kier molecular flexibility index (Phi) is 4.09. The second-order valence-corrected chi connectivity index (χ2v) is 5.75. The lowest BCUT2D eigenvalue weighted by Gasteiger charge is -2.05. The second kappa shape index (κ2) is 6.19. The van der Waals surface area contributed by atoms with E-state index in [-0.39, 0.29) is 24.3 Å². The second-order valence-electron chi connectivity index (χ2n) is 5.75. The molecule has 3 N–H and O–H groups in total. The number of hydrogen-bond acceptors (Lipinski definition) is 5. The zero-order chi connectivity index (χ0) is 16.4. The lowest BCUT2D eigenvalue weighted by atomic mass is 10.2. The third-order valence-electron chi connectivity index (χ3n) is 3.79. The van der Waals surface area contributed by atoms with Crippen LogP contribution in [0.1, 0.15) is 29.8 Å². The van der Waals surface area contributed by atoms with Crippen molar-refractivity contribution in [1.82, 2.24) is 30.5 Å². The van der Waals surface area contributed by atoms with Crippen molar-refractivity contribution in [3.05, 3.63) is 23.1 Å². The molecule has 1 fully saturated rings. The molecule has 9 heteroatoms. The Labute approximate surface area is 132 Å². The van der Waals surface area contributed by atoms with Crippen molar-refractivity contribution in [2.45, 2.75) is 39.8 Å². The van der Waals surface area contributed by atoms with Crippen LogP contribution in [0.4, 0.5) is 5.82 Å². The number of rotatable bonds is 6. The number of carbonyl (C=O) groups excluding carboxylic acids is 2. The van der Waals surface area contributed by atoms with Crippen LogP contribution in [0.5, 0.6) is 0 Å². The molecule has 0 spiro atoms. The van der Waals surface area contributed by atoms with Gasteiger partial charge in [-0.25, -0.2) is 4.68 Å². The van der Waals surface area contributed by atoms with E-state index in [0.29, 0.717) is 12.4 Å². The smallest absolute Gasteiger partial charge is 0.242 e. The van der Waals surface area contributed by atoms with Gasteiger partial charge in [0.2, 0.25) is 11.8 Å². The van der Waals surface area contributed by atoms with Crippen molar-refractivity contribution >= 4 is 17.6 Å². The Morgan fingerprint density at radius 2 is 2.17 bits per heavy atom. The molecular weight excluding hydrogens is 298 g/mol. The van der Waals surface area contributed by atoms with E-state index in [2.05, 4.69) is 31.1 Å². The van der Waals surface area contributed by atoms with Crippen LogP contribution >= 0.6 is 0 Å². The van der Waals surface area contributed by atoms with Crippen LogP contribution in [0.2, 0.25) is 0 Å². The van der Waals surface area contributed by atoms with Crippen LogP contribution in [-0.2, 0) is 22.7 Å². The number of carbonyl (C=O) groups is 2. The standard InChI is InChI=1S/C14H19N7O2/c1-8-11(9(2)18-17-8)5-15-13(22)7-21-6-12(19-20-21)16-14(23)10-3-4-10/h6,10H,3-5,7H2,1-2H3,(H,15,22)(H,16,23)(H,17,18). The highest BCUT2D eigenvalue weighted by molar-refractivity contribution is 5.93. The Hall–Kier alpha value is -2.71. The summed E-state index contributed by atoms with van der Waals surface area (Å²) in [7, 11) is 0. The molecule has 23 heavy (non-hydrogen) atoms. The number of aromatic amines is 1. The predicted octanol–water partition coefficient (Wildman–Crippen LogP) is 0.283. The van der Waals surface area contributed by atoms with Crippen LogP contribution in [0.15, 0.2) is 6.20 Å². The quantitative estimate of drug-likeness (QED) is 0.707. The summed E-state index contributed by atoms with van der Waals surface area (Å²) in [4.78, 5) is 23.6. The van der Waals surface area contributed by atoms with Crippen molar-refractivity contribution in [3.8, 4) is 0 Å². The lowest BCUT2D eigenvalue weighted by molar-refractivity contribution is -0.122. The molecular formula is C14H19N7O2. The van der Waals surface area contributed by atoms with Gasteiger partial charge in [0.15, 0.2) is 5.82 Å². The minimum Gasteiger partial charge on any atom is -0.350 e. The number of nitrogens with one attached hydrogen (secondary N) is 3. The van der Waals surface area contributed by atoms with Gasteiger partial charge < -0.3 is 10.6 Å². The molecule has 2 aromatic heterocycles. The van der Waals surface area contributed by atoms with Crippen molar-refractivity contribution in [2.75, 3.05) is 5.32 Å². The van der Waals surface area contributed by atoms with Crippen molar-refractivity contribution < 1.29 is 9.59 Å². The van der Waals surface area contributed by atoms with E-state index in [1.54, 1.807) is 6.20 Å². The normalized spacial score (nSPS) is 13.8. The van der Waals surface area contributed by atoms with E-state index < -0.39 is 0 Å². The lowest BCUT2D eigenvalue weighted by Crippen LogP contribution is -2.27. The van der Waals surface area contributed by atoms with Crippen LogP contribution in [0.25, 0.3) is 0 Å². The first kappa shape index (κ1) is 15.2. The van der Waals surface area contributed by atoms with Gasteiger partial charge in [0, 0.05) is 23.7 Å². The van der Waals surface area contributed by atoms with Gasteiger partial charge in [-0.3, -0.25) is 14.7 Å². The summed E-state index contributed by atoms with van der Waals surface area (Å²) in [6.45, 7) is 4.25.